The summed E-state index contributed by atoms with van der Waals surface area (Å²) in [7, 11) is 1.70. The fraction of sp³-hybridized carbons (Fsp3) is 0.923. The van der Waals surface area contributed by atoms with Crippen LogP contribution in [-0.4, -0.2) is 49.6 Å². The third kappa shape index (κ3) is 3.42. The third-order valence-electron chi connectivity index (χ3n) is 4.12. The Morgan fingerprint density at radius 2 is 2.18 bits per heavy atom. The topological polar surface area (TPSA) is 44.4 Å². The molecule has 2 atom stereocenters. The lowest BCUT2D eigenvalue weighted by molar-refractivity contribution is -0.120. The molecule has 2 heterocycles. The summed E-state index contributed by atoms with van der Waals surface area (Å²) in [6.45, 7) is 3.53. The third-order valence-corrected chi connectivity index (χ3v) is 4.12. The Morgan fingerprint density at radius 1 is 1.29 bits per heavy atom. The summed E-state index contributed by atoms with van der Waals surface area (Å²) in [5.74, 6) is 0.150. The first-order valence-corrected chi connectivity index (χ1v) is 6.99. The number of carbonyl (C=O) groups excluding carboxylic acids is 1. The fourth-order valence-electron chi connectivity index (χ4n) is 3.15. The molecule has 0 spiro atoms. The van der Waals surface area contributed by atoms with Crippen molar-refractivity contribution in [3.05, 3.63) is 0 Å². The van der Waals surface area contributed by atoms with Crippen LogP contribution in [-0.2, 0) is 4.79 Å². The predicted molar refractivity (Wildman–Crippen MR) is 68.9 cm³/mol. The number of fused-ring (bicyclic) bond motifs is 1. The Kier molecular flexibility index (Phi) is 4.80. The molecule has 0 aromatic heterocycles. The van der Waals surface area contributed by atoms with Gasteiger partial charge in [-0.1, -0.05) is 6.42 Å². The van der Waals surface area contributed by atoms with Crippen molar-refractivity contribution in [3.8, 4) is 0 Å². The van der Waals surface area contributed by atoms with Gasteiger partial charge in [0.15, 0.2) is 0 Å². The van der Waals surface area contributed by atoms with Crippen LogP contribution in [0.1, 0.15) is 38.5 Å². The smallest absolute Gasteiger partial charge is 0.219 e. The van der Waals surface area contributed by atoms with E-state index in [1.807, 2.05) is 0 Å². The van der Waals surface area contributed by atoms with Crippen LogP contribution in [0.3, 0.4) is 0 Å². The normalized spacial score (nSPS) is 29.0. The molecule has 0 aromatic carbocycles. The van der Waals surface area contributed by atoms with Gasteiger partial charge in [0.25, 0.3) is 0 Å². The highest BCUT2D eigenvalue weighted by Crippen LogP contribution is 2.26. The minimum absolute atomic E-state index is 0.150. The number of hydrogen-bond donors (Lipinski definition) is 2. The lowest BCUT2D eigenvalue weighted by Crippen LogP contribution is -2.45. The summed E-state index contributed by atoms with van der Waals surface area (Å²) < 4.78 is 0. The summed E-state index contributed by atoms with van der Waals surface area (Å²) in [5.41, 5.74) is 0. The van der Waals surface area contributed by atoms with Gasteiger partial charge in [0.2, 0.25) is 5.91 Å². The maximum absolute atomic E-state index is 11.1. The molecule has 0 aliphatic carbocycles. The van der Waals surface area contributed by atoms with Crippen molar-refractivity contribution in [1.29, 1.82) is 0 Å². The summed E-state index contributed by atoms with van der Waals surface area (Å²) in [6, 6.07) is 1.43. The van der Waals surface area contributed by atoms with E-state index in [1.54, 1.807) is 7.05 Å². The van der Waals surface area contributed by atoms with E-state index in [0.717, 1.165) is 19.0 Å². The molecule has 0 radical (unpaired) electrons. The number of hydrogen-bond acceptors (Lipinski definition) is 3. The van der Waals surface area contributed by atoms with E-state index in [4.69, 9.17) is 0 Å². The van der Waals surface area contributed by atoms with Crippen LogP contribution in [0, 0.1) is 0 Å². The number of nitrogens with one attached hydrogen (secondary N) is 2. The minimum Gasteiger partial charge on any atom is -0.359 e. The van der Waals surface area contributed by atoms with Crippen molar-refractivity contribution >= 4 is 5.91 Å². The Labute approximate surface area is 104 Å². The van der Waals surface area contributed by atoms with Crippen LogP contribution >= 0.6 is 0 Å². The molecule has 4 heteroatoms. The molecule has 2 unspecified atom stereocenters. The van der Waals surface area contributed by atoms with Crippen LogP contribution < -0.4 is 10.6 Å². The quantitative estimate of drug-likeness (QED) is 0.695. The van der Waals surface area contributed by atoms with Gasteiger partial charge in [0, 0.05) is 32.1 Å². The highest BCUT2D eigenvalue weighted by Gasteiger charge is 2.34. The van der Waals surface area contributed by atoms with Crippen molar-refractivity contribution in [3.63, 3.8) is 0 Å². The standard InChI is InChI=1S/C13H25N3O/c1-14-13(17)6-4-8-15-11-7-10-16-9-3-2-5-12(11)16/h11-12,15H,2-10H2,1H3,(H,14,17). The van der Waals surface area contributed by atoms with Crippen LogP contribution in [0.2, 0.25) is 0 Å². The van der Waals surface area contributed by atoms with Gasteiger partial charge in [-0.2, -0.15) is 0 Å². The maximum Gasteiger partial charge on any atom is 0.219 e. The molecule has 98 valence electrons. The SMILES string of the molecule is CNC(=O)CCCNC1CCN2CCCCC12. The van der Waals surface area contributed by atoms with Gasteiger partial charge in [-0.25, -0.2) is 0 Å². The Hall–Kier alpha value is -0.610. The van der Waals surface area contributed by atoms with Crippen LogP contribution in [0.5, 0.6) is 0 Å². The molecule has 0 saturated carbocycles. The van der Waals surface area contributed by atoms with Gasteiger partial charge >= 0.3 is 0 Å². The summed E-state index contributed by atoms with van der Waals surface area (Å²) in [6.07, 6.45) is 6.99. The first kappa shape index (κ1) is 12.8. The molecule has 17 heavy (non-hydrogen) atoms. The molecule has 1 amide bonds. The highest BCUT2D eigenvalue weighted by atomic mass is 16.1. The second-order valence-corrected chi connectivity index (χ2v) is 5.23. The molecule has 2 N–H and O–H groups in total. The summed E-state index contributed by atoms with van der Waals surface area (Å²) >= 11 is 0. The van der Waals surface area contributed by atoms with E-state index in [9.17, 15) is 4.79 Å². The average molecular weight is 239 g/mol. The van der Waals surface area contributed by atoms with E-state index in [1.165, 1.54) is 38.8 Å². The number of nitrogens with zero attached hydrogens (tertiary/aromatic N) is 1. The Balaban J connectivity index is 1.64. The zero-order valence-electron chi connectivity index (χ0n) is 10.9. The van der Waals surface area contributed by atoms with E-state index < -0.39 is 0 Å². The monoisotopic (exact) mass is 239 g/mol. The predicted octanol–water partition coefficient (Wildman–Crippen LogP) is 0.729. The molecule has 0 bridgehead atoms. The van der Waals surface area contributed by atoms with Crippen LogP contribution in [0.15, 0.2) is 0 Å². The lowest BCUT2D eigenvalue weighted by Gasteiger charge is -2.32. The molecule has 2 saturated heterocycles. The molecule has 2 aliphatic rings. The number of carbonyl (C=O) groups is 1. The van der Waals surface area contributed by atoms with Crippen molar-refractivity contribution in [2.24, 2.45) is 0 Å². The van der Waals surface area contributed by atoms with Gasteiger partial charge in [0.1, 0.15) is 0 Å². The molecule has 2 aliphatic heterocycles. The first-order chi connectivity index (χ1) is 8.31. The molecule has 0 aromatic rings. The van der Waals surface area contributed by atoms with E-state index in [-0.39, 0.29) is 5.91 Å². The second-order valence-electron chi connectivity index (χ2n) is 5.23. The number of rotatable bonds is 5. The molecule has 2 fully saturated rings. The van der Waals surface area contributed by atoms with E-state index in [0.29, 0.717) is 12.5 Å². The van der Waals surface area contributed by atoms with Gasteiger partial charge in [-0.05, 0) is 38.8 Å². The number of amides is 1. The largest absolute Gasteiger partial charge is 0.359 e. The maximum atomic E-state index is 11.1. The van der Waals surface area contributed by atoms with E-state index in [2.05, 4.69) is 15.5 Å². The fourth-order valence-corrected chi connectivity index (χ4v) is 3.15. The average Bonchev–Trinajstić information content (AvgIpc) is 2.78. The minimum atomic E-state index is 0.150. The van der Waals surface area contributed by atoms with Gasteiger partial charge < -0.3 is 10.6 Å². The van der Waals surface area contributed by atoms with Crippen LogP contribution in [0.25, 0.3) is 0 Å². The Bertz CT molecular complexity index is 257. The summed E-state index contributed by atoms with van der Waals surface area (Å²) in [5, 5.41) is 6.30. The van der Waals surface area contributed by atoms with Crippen LogP contribution in [0.4, 0.5) is 0 Å². The van der Waals surface area contributed by atoms with Crippen molar-refractivity contribution in [1.82, 2.24) is 15.5 Å². The number of piperidine rings is 1. The van der Waals surface area contributed by atoms with Crippen molar-refractivity contribution in [2.45, 2.75) is 50.6 Å². The lowest BCUT2D eigenvalue weighted by atomic mass is 9.99. The zero-order valence-corrected chi connectivity index (χ0v) is 10.9. The second kappa shape index (κ2) is 6.36. The zero-order chi connectivity index (χ0) is 12.1. The molecular formula is C13H25N3O. The van der Waals surface area contributed by atoms with Gasteiger partial charge in [-0.3, -0.25) is 9.69 Å². The molecular weight excluding hydrogens is 214 g/mol. The molecule has 4 nitrogen and oxygen atoms in total. The molecule has 2 rings (SSSR count). The van der Waals surface area contributed by atoms with Gasteiger partial charge in [0.05, 0.1) is 0 Å². The Morgan fingerprint density at radius 3 is 3.00 bits per heavy atom. The summed E-state index contributed by atoms with van der Waals surface area (Å²) in [4.78, 5) is 13.7. The first-order valence-electron chi connectivity index (χ1n) is 6.99. The van der Waals surface area contributed by atoms with Crippen molar-refractivity contribution < 1.29 is 4.79 Å². The van der Waals surface area contributed by atoms with E-state index >= 15 is 0 Å². The van der Waals surface area contributed by atoms with Crippen molar-refractivity contribution in [2.75, 3.05) is 26.7 Å². The van der Waals surface area contributed by atoms with Gasteiger partial charge in [-0.15, -0.1) is 0 Å². The highest BCUT2D eigenvalue weighted by molar-refractivity contribution is 5.75.